The molecule has 0 aliphatic rings. The smallest absolute Gasteiger partial charge is 0.270 e. The molecule has 0 saturated carbocycles. The Kier molecular flexibility index (Phi) is 7.61. The number of hydrogen-bond donors (Lipinski definition) is 1. The first-order valence-electron chi connectivity index (χ1n) is 8.70. The number of hydrogen-bond acceptors (Lipinski definition) is 3. The number of amides is 2. The number of halogens is 1. The minimum atomic E-state index is -0.331. The summed E-state index contributed by atoms with van der Waals surface area (Å²) in [5.74, 6) is 0.173. The van der Waals surface area contributed by atoms with Crippen LogP contribution in [-0.2, 0) is 4.79 Å². The quantitative estimate of drug-likeness (QED) is 0.672. The van der Waals surface area contributed by atoms with E-state index in [-0.39, 0.29) is 17.5 Å². The minimum absolute atomic E-state index is 0.221. The largest absolute Gasteiger partial charge is 0.497 e. The summed E-state index contributed by atoms with van der Waals surface area (Å²) in [6.07, 6.45) is 1.68. The van der Waals surface area contributed by atoms with Crippen LogP contribution in [0.4, 0.5) is 0 Å². The Morgan fingerprint density at radius 1 is 1.04 bits per heavy atom. The molecular formula is C21H23BrN2O3. The van der Waals surface area contributed by atoms with Gasteiger partial charge in [0.25, 0.3) is 11.8 Å². The van der Waals surface area contributed by atoms with Crippen molar-refractivity contribution in [1.82, 2.24) is 10.2 Å². The summed E-state index contributed by atoms with van der Waals surface area (Å²) < 4.78 is 6.04. The van der Waals surface area contributed by atoms with Crippen molar-refractivity contribution >= 4 is 33.8 Å². The molecule has 2 aromatic rings. The lowest BCUT2D eigenvalue weighted by Crippen LogP contribution is -2.38. The summed E-state index contributed by atoms with van der Waals surface area (Å²) in [6, 6.07) is 14.3. The number of nitrogens with one attached hydrogen (secondary N) is 1. The molecule has 0 fully saturated rings. The zero-order chi connectivity index (χ0) is 19.8. The third kappa shape index (κ3) is 5.69. The molecule has 1 N–H and O–H groups in total. The maximum atomic E-state index is 12.9. The molecule has 0 heterocycles. The predicted molar refractivity (Wildman–Crippen MR) is 111 cm³/mol. The number of ether oxygens (including phenoxy) is 1. The van der Waals surface area contributed by atoms with Gasteiger partial charge in [-0.1, -0.05) is 28.1 Å². The Morgan fingerprint density at radius 2 is 1.63 bits per heavy atom. The minimum Gasteiger partial charge on any atom is -0.497 e. The van der Waals surface area contributed by atoms with Crippen LogP contribution in [0.25, 0.3) is 6.08 Å². The first-order chi connectivity index (χ1) is 13.0. The van der Waals surface area contributed by atoms with Crippen molar-refractivity contribution in [2.24, 2.45) is 0 Å². The zero-order valence-electron chi connectivity index (χ0n) is 15.7. The highest BCUT2D eigenvalue weighted by atomic mass is 79.9. The van der Waals surface area contributed by atoms with Gasteiger partial charge in [0.15, 0.2) is 0 Å². The molecule has 5 nitrogen and oxygen atoms in total. The molecule has 6 heteroatoms. The molecule has 2 amide bonds. The average molecular weight is 431 g/mol. The summed E-state index contributed by atoms with van der Waals surface area (Å²) in [5.41, 5.74) is 1.50. The van der Waals surface area contributed by atoms with Gasteiger partial charge in [0.1, 0.15) is 11.4 Å². The van der Waals surface area contributed by atoms with Gasteiger partial charge in [-0.05, 0) is 61.9 Å². The molecule has 0 aliphatic carbocycles. The number of likely N-dealkylation sites (N-methyl/N-ethyl adjacent to an activating group) is 1. The number of carbonyl (C=O) groups excluding carboxylic acids is 2. The van der Waals surface area contributed by atoms with E-state index >= 15 is 0 Å². The molecule has 2 rings (SSSR count). The topological polar surface area (TPSA) is 58.6 Å². The van der Waals surface area contributed by atoms with E-state index in [1.54, 1.807) is 42.4 Å². The summed E-state index contributed by atoms with van der Waals surface area (Å²) in [6.45, 7) is 4.93. The van der Waals surface area contributed by atoms with Crippen LogP contribution in [0.5, 0.6) is 5.75 Å². The van der Waals surface area contributed by atoms with Crippen LogP contribution in [0, 0.1) is 0 Å². The van der Waals surface area contributed by atoms with Crippen LogP contribution < -0.4 is 10.1 Å². The van der Waals surface area contributed by atoms with Crippen LogP contribution in [0.2, 0.25) is 0 Å². The molecular weight excluding hydrogens is 408 g/mol. The van der Waals surface area contributed by atoms with E-state index in [0.717, 1.165) is 15.8 Å². The zero-order valence-corrected chi connectivity index (χ0v) is 17.2. The third-order valence-corrected chi connectivity index (χ3v) is 4.59. The summed E-state index contributed by atoms with van der Waals surface area (Å²) in [5, 5.41) is 2.76. The summed E-state index contributed by atoms with van der Waals surface area (Å²) in [4.78, 5) is 27.1. The van der Waals surface area contributed by atoms with E-state index in [4.69, 9.17) is 4.74 Å². The summed E-state index contributed by atoms with van der Waals surface area (Å²) >= 11 is 3.35. The van der Waals surface area contributed by atoms with E-state index in [0.29, 0.717) is 18.7 Å². The van der Waals surface area contributed by atoms with Crippen LogP contribution in [-0.4, -0.2) is 36.9 Å². The van der Waals surface area contributed by atoms with Crippen LogP contribution in [0.15, 0.2) is 58.7 Å². The van der Waals surface area contributed by atoms with Crippen molar-refractivity contribution in [1.29, 1.82) is 0 Å². The van der Waals surface area contributed by atoms with E-state index < -0.39 is 0 Å². The van der Waals surface area contributed by atoms with Gasteiger partial charge in [0, 0.05) is 23.1 Å². The molecule has 2 aromatic carbocycles. The highest BCUT2D eigenvalue weighted by Crippen LogP contribution is 2.15. The number of methoxy groups -OCH3 is 1. The lowest BCUT2D eigenvalue weighted by molar-refractivity contribution is -0.127. The Morgan fingerprint density at radius 3 is 2.15 bits per heavy atom. The number of carbonyl (C=O) groups is 2. The van der Waals surface area contributed by atoms with Gasteiger partial charge in [0.05, 0.1) is 7.11 Å². The molecule has 0 spiro atoms. The Labute approximate surface area is 168 Å². The Bertz CT molecular complexity index is 810. The second-order valence-corrected chi connectivity index (χ2v) is 6.69. The van der Waals surface area contributed by atoms with Crippen molar-refractivity contribution in [3.05, 3.63) is 69.8 Å². The number of benzene rings is 2. The SMILES string of the molecule is CCN(CC)C(=O)C(=Cc1ccc(OC)cc1)NC(=O)c1ccc(Br)cc1. The molecule has 27 heavy (non-hydrogen) atoms. The van der Waals surface area contributed by atoms with Crippen LogP contribution in [0.1, 0.15) is 29.8 Å². The first-order valence-corrected chi connectivity index (χ1v) is 9.49. The fourth-order valence-corrected chi connectivity index (χ4v) is 2.76. The van der Waals surface area contributed by atoms with Crippen molar-refractivity contribution < 1.29 is 14.3 Å². The fraction of sp³-hybridized carbons (Fsp3) is 0.238. The molecule has 0 unspecified atom stereocenters. The lowest BCUT2D eigenvalue weighted by atomic mass is 10.1. The maximum absolute atomic E-state index is 12.9. The number of rotatable bonds is 7. The first kappa shape index (κ1) is 20.7. The Balaban J connectivity index is 2.33. The van der Waals surface area contributed by atoms with Crippen molar-refractivity contribution in [3.63, 3.8) is 0 Å². The second kappa shape index (κ2) is 9.92. The lowest BCUT2D eigenvalue weighted by Gasteiger charge is -2.21. The molecule has 0 aliphatic heterocycles. The molecule has 0 bridgehead atoms. The molecule has 0 aromatic heterocycles. The molecule has 0 radical (unpaired) electrons. The van der Waals surface area contributed by atoms with Gasteiger partial charge in [-0.25, -0.2) is 0 Å². The fourth-order valence-electron chi connectivity index (χ4n) is 2.49. The standard InChI is InChI=1S/C21H23BrN2O3/c1-4-24(5-2)21(26)19(14-15-6-12-18(27-3)13-7-15)23-20(25)16-8-10-17(22)11-9-16/h6-14H,4-5H2,1-3H3,(H,23,25). The highest BCUT2D eigenvalue weighted by molar-refractivity contribution is 9.10. The monoisotopic (exact) mass is 430 g/mol. The van der Waals surface area contributed by atoms with E-state index in [2.05, 4.69) is 21.2 Å². The third-order valence-electron chi connectivity index (χ3n) is 4.06. The van der Waals surface area contributed by atoms with E-state index in [9.17, 15) is 9.59 Å². The van der Waals surface area contributed by atoms with Gasteiger partial charge in [0.2, 0.25) is 0 Å². The Hall–Kier alpha value is -2.60. The van der Waals surface area contributed by atoms with Crippen molar-refractivity contribution in [2.45, 2.75) is 13.8 Å². The number of nitrogens with zero attached hydrogens (tertiary/aromatic N) is 1. The van der Waals surface area contributed by atoms with Crippen molar-refractivity contribution in [3.8, 4) is 5.75 Å². The highest BCUT2D eigenvalue weighted by Gasteiger charge is 2.19. The van der Waals surface area contributed by atoms with E-state index in [1.165, 1.54) is 0 Å². The van der Waals surface area contributed by atoms with E-state index in [1.807, 2.05) is 38.1 Å². The van der Waals surface area contributed by atoms with Gasteiger partial charge in [-0.15, -0.1) is 0 Å². The summed E-state index contributed by atoms with van der Waals surface area (Å²) in [7, 11) is 1.60. The van der Waals surface area contributed by atoms with Gasteiger partial charge >= 0.3 is 0 Å². The maximum Gasteiger partial charge on any atom is 0.270 e. The predicted octanol–water partition coefficient (Wildman–Crippen LogP) is 4.10. The van der Waals surface area contributed by atoms with Crippen molar-refractivity contribution in [2.75, 3.05) is 20.2 Å². The molecule has 0 saturated heterocycles. The van der Waals surface area contributed by atoms with Gasteiger partial charge in [-0.2, -0.15) is 0 Å². The van der Waals surface area contributed by atoms with Crippen LogP contribution >= 0.6 is 15.9 Å². The van der Waals surface area contributed by atoms with Gasteiger partial charge < -0.3 is 15.0 Å². The van der Waals surface area contributed by atoms with Crippen LogP contribution in [0.3, 0.4) is 0 Å². The van der Waals surface area contributed by atoms with Gasteiger partial charge in [-0.3, -0.25) is 9.59 Å². The second-order valence-electron chi connectivity index (χ2n) is 5.77. The average Bonchev–Trinajstić information content (AvgIpc) is 2.69. The molecule has 142 valence electrons. The normalized spacial score (nSPS) is 11.0. The molecule has 0 atom stereocenters.